The number of hydrogen-bond donors (Lipinski definition) is 1. The fourth-order valence-corrected chi connectivity index (χ4v) is 4.36. The maximum Gasteiger partial charge on any atom is 0.317 e. The summed E-state index contributed by atoms with van der Waals surface area (Å²) in [4.78, 5) is 47.9. The van der Waals surface area contributed by atoms with Crippen LogP contribution in [0.5, 0.6) is 0 Å². The molecule has 0 amide bonds. The molecule has 1 saturated carbocycles. The van der Waals surface area contributed by atoms with Crippen LogP contribution in [0.2, 0.25) is 0 Å². The molecule has 4 rings (SSSR count). The largest absolute Gasteiger partial charge is 0.393 e. The van der Waals surface area contributed by atoms with E-state index in [1.54, 1.807) is 0 Å². The molecule has 2 aliphatic carbocycles. The topological polar surface area (TPSA) is 89.5 Å². The first kappa shape index (κ1) is 18.5. The highest BCUT2D eigenvalue weighted by molar-refractivity contribution is 6.11. The van der Waals surface area contributed by atoms with Crippen LogP contribution in [0.4, 0.5) is 0 Å². The number of rotatable bonds is 1. The van der Waals surface area contributed by atoms with Gasteiger partial charge >= 0.3 is 11.9 Å². The van der Waals surface area contributed by atoms with Gasteiger partial charge in [0.05, 0.1) is 24.7 Å². The summed E-state index contributed by atoms with van der Waals surface area (Å²) in [6, 6.07) is 5.81. The smallest absolute Gasteiger partial charge is 0.317 e. The van der Waals surface area contributed by atoms with Gasteiger partial charge in [-0.2, -0.15) is 0 Å². The Balaban J connectivity index is 0.000000613. The number of hydrogen-bond acceptors (Lipinski definition) is 6. The lowest BCUT2D eigenvalue weighted by Gasteiger charge is -2.34. The van der Waals surface area contributed by atoms with Gasteiger partial charge in [-0.1, -0.05) is 23.8 Å². The van der Waals surface area contributed by atoms with Crippen molar-refractivity contribution in [3.8, 4) is 0 Å². The summed E-state index contributed by atoms with van der Waals surface area (Å²) >= 11 is 0. The zero-order chi connectivity index (χ0) is 19.0. The number of carbonyl (C=O) groups excluding carboxylic acids is 4. The first-order valence-electron chi connectivity index (χ1n) is 8.86. The molecule has 0 radical (unpaired) electrons. The summed E-state index contributed by atoms with van der Waals surface area (Å²) in [5.41, 5.74) is 2.78. The van der Waals surface area contributed by atoms with E-state index < -0.39 is 17.9 Å². The summed E-state index contributed by atoms with van der Waals surface area (Å²) in [5.74, 6) is -2.64. The van der Waals surface area contributed by atoms with E-state index in [1.807, 2.05) is 39.2 Å². The van der Waals surface area contributed by atoms with Crippen molar-refractivity contribution in [3.63, 3.8) is 0 Å². The van der Waals surface area contributed by atoms with E-state index in [0.717, 1.165) is 16.7 Å². The molecule has 1 aromatic rings. The van der Waals surface area contributed by atoms with Crippen LogP contribution in [0, 0.1) is 18.8 Å². The van der Waals surface area contributed by atoms with Crippen LogP contribution in [0.1, 0.15) is 47.8 Å². The third-order valence-electron chi connectivity index (χ3n) is 5.39. The molecule has 1 aromatic carbocycles. The number of benzene rings is 1. The van der Waals surface area contributed by atoms with Crippen molar-refractivity contribution in [1.29, 1.82) is 0 Å². The van der Waals surface area contributed by atoms with E-state index in [2.05, 4.69) is 5.32 Å². The van der Waals surface area contributed by atoms with E-state index in [-0.39, 0.29) is 42.2 Å². The highest BCUT2D eigenvalue weighted by Crippen LogP contribution is 2.51. The number of esters is 2. The second-order valence-corrected chi connectivity index (χ2v) is 7.27. The number of Topliss-reactive ketones (excluding diaryl/α,β-unsaturated/α-hetero) is 2. The Kier molecular flexibility index (Phi) is 5.05. The third-order valence-corrected chi connectivity index (χ3v) is 5.39. The average Bonchev–Trinajstić information content (AvgIpc) is 3.05. The second-order valence-electron chi connectivity index (χ2n) is 7.27. The van der Waals surface area contributed by atoms with Gasteiger partial charge in [-0.25, -0.2) is 0 Å². The molecule has 6 heteroatoms. The zero-order valence-corrected chi connectivity index (χ0v) is 15.2. The Morgan fingerprint density at radius 3 is 2.27 bits per heavy atom. The number of aryl methyl sites for hydroxylation is 1. The number of nitrogens with one attached hydrogen (secondary N) is 1. The second kappa shape index (κ2) is 7.11. The van der Waals surface area contributed by atoms with Crippen LogP contribution >= 0.6 is 0 Å². The van der Waals surface area contributed by atoms with E-state index in [1.165, 1.54) is 0 Å². The predicted molar refractivity (Wildman–Crippen MR) is 93.6 cm³/mol. The van der Waals surface area contributed by atoms with Gasteiger partial charge in [-0.15, -0.1) is 0 Å². The molecule has 6 nitrogen and oxygen atoms in total. The van der Waals surface area contributed by atoms with Crippen molar-refractivity contribution in [1.82, 2.24) is 5.32 Å². The minimum atomic E-state index is -0.548. The van der Waals surface area contributed by atoms with Gasteiger partial charge in [-0.3, -0.25) is 19.2 Å². The molecule has 1 heterocycles. The van der Waals surface area contributed by atoms with Crippen molar-refractivity contribution in [3.05, 3.63) is 34.9 Å². The molecule has 4 unspecified atom stereocenters. The Morgan fingerprint density at radius 1 is 0.962 bits per heavy atom. The highest BCUT2D eigenvalue weighted by Gasteiger charge is 2.51. The van der Waals surface area contributed by atoms with Crippen LogP contribution in [-0.2, 0) is 23.9 Å². The lowest BCUT2D eigenvalue weighted by atomic mass is 9.67. The Hall–Kier alpha value is -2.34. The minimum Gasteiger partial charge on any atom is -0.393 e. The van der Waals surface area contributed by atoms with Gasteiger partial charge in [0.15, 0.2) is 0 Å². The molecule has 2 fully saturated rings. The van der Waals surface area contributed by atoms with E-state index in [0.29, 0.717) is 6.42 Å². The molecule has 1 saturated heterocycles. The standard InChI is InChI=1S/C18H16O5.C2H7N/c1-8-2-3-9-10(12-6-16(21)23-18(12)22)5-13-14(19)7-15(20)17(13)11(9)4-8;1-3-2/h2-4,10,12-13,17H,5-7H2,1H3;3H,1-2H3. The summed E-state index contributed by atoms with van der Waals surface area (Å²) in [6.45, 7) is 1.94. The van der Waals surface area contributed by atoms with Gasteiger partial charge in [0.1, 0.15) is 11.6 Å². The van der Waals surface area contributed by atoms with Gasteiger partial charge in [-0.05, 0) is 44.5 Å². The first-order valence-corrected chi connectivity index (χ1v) is 8.86. The van der Waals surface area contributed by atoms with Crippen molar-refractivity contribution in [2.24, 2.45) is 11.8 Å². The first-order chi connectivity index (χ1) is 12.4. The van der Waals surface area contributed by atoms with Crippen LogP contribution < -0.4 is 5.32 Å². The molecule has 0 aromatic heterocycles. The van der Waals surface area contributed by atoms with Gasteiger partial charge < -0.3 is 10.1 Å². The fraction of sp³-hybridized carbons (Fsp3) is 0.500. The average molecular weight is 357 g/mol. The maximum atomic E-state index is 12.3. The molecule has 4 atom stereocenters. The predicted octanol–water partition coefficient (Wildman–Crippen LogP) is 1.65. The minimum absolute atomic E-state index is 0.0243. The molecule has 3 aliphatic rings. The molecule has 1 N–H and O–H groups in total. The van der Waals surface area contributed by atoms with Crippen LogP contribution in [0.15, 0.2) is 18.2 Å². The number of carbonyl (C=O) groups is 4. The lowest BCUT2D eigenvalue weighted by Crippen LogP contribution is -2.31. The Morgan fingerprint density at radius 2 is 1.65 bits per heavy atom. The summed E-state index contributed by atoms with van der Waals surface area (Å²) in [6.07, 6.45) is 0.470. The maximum absolute atomic E-state index is 12.3. The van der Waals surface area contributed by atoms with Crippen LogP contribution in [0.25, 0.3) is 0 Å². The number of cyclic esters (lactones) is 2. The molecule has 0 bridgehead atoms. The zero-order valence-electron chi connectivity index (χ0n) is 15.2. The Bertz CT molecular complexity index is 784. The SMILES string of the molecule is CNC.Cc1ccc2c(c1)C1C(=O)CC(=O)C1CC2C1CC(=O)OC1=O. The number of fused-ring (bicyclic) bond motifs is 3. The monoisotopic (exact) mass is 357 g/mol. The normalized spacial score (nSPS) is 29.7. The van der Waals surface area contributed by atoms with E-state index in [4.69, 9.17) is 4.74 Å². The Labute approximate surface area is 152 Å². The van der Waals surface area contributed by atoms with E-state index >= 15 is 0 Å². The van der Waals surface area contributed by atoms with Crippen molar-refractivity contribution >= 4 is 23.5 Å². The number of ether oxygens (including phenoxy) is 1. The summed E-state index contributed by atoms with van der Waals surface area (Å²) in [5, 5.41) is 2.75. The number of ketones is 2. The molecule has 0 spiro atoms. The van der Waals surface area contributed by atoms with Gasteiger partial charge in [0.2, 0.25) is 0 Å². The quantitative estimate of drug-likeness (QED) is 0.607. The van der Waals surface area contributed by atoms with Gasteiger partial charge in [0, 0.05) is 5.92 Å². The lowest BCUT2D eigenvalue weighted by molar-refractivity contribution is -0.153. The molecular weight excluding hydrogens is 334 g/mol. The third kappa shape index (κ3) is 3.09. The van der Waals surface area contributed by atoms with Crippen LogP contribution in [0.3, 0.4) is 0 Å². The van der Waals surface area contributed by atoms with Crippen LogP contribution in [-0.4, -0.2) is 37.6 Å². The van der Waals surface area contributed by atoms with Crippen molar-refractivity contribution < 1.29 is 23.9 Å². The van der Waals surface area contributed by atoms with Crippen molar-refractivity contribution in [2.75, 3.05) is 14.1 Å². The summed E-state index contributed by atoms with van der Waals surface area (Å²) < 4.78 is 4.70. The molecule has 26 heavy (non-hydrogen) atoms. The molecular formula is C20H23NO5. The van der Waals surface area contributed by atoms with Crippen molar-refractivity contribution in [2.45, 2.75) is 38.0 Å². The highest BCUT2D eigenvalue weighted by atomic mass is 16.6. The van der Waals surface area contributed by atoms with Gasteiger partial charge in [0.25, 0.3) is 0 Å². The fourth-order valence-electron chi connectivity index (χ4n) is 4.36. The molecule has 1 aliphatic heterocycles. The van der Waals surface area contributed by atoms with E-state index in [9.17, 15) is 19.2 Å². The summed E-state index contributed by atoms with van der Waals surface area (Å²) in [7, 11) is 3.75. The molecule has 138 valence electrons.